The van der Waals surface area contributed by atoms with Crippen molar-refractivity contribution in [1.82, 2.24) is 9.97 Å². The minimum Gasteiger partial charge on any atom is -0.457 e. The predicted molar refractivity (Wildman–Crippen MR) is 167 cm³/mol. The molecule has 0 fully saturated rings. The summed E-state index contributed by atoms with van der Waals surface area (Å²) in [6.45, 7) is 0. The highest BCUT2D eigenvalue weighted by Gasteiger charge is 2.22. The van der Waals surface area contributed by atoms with Crippen LogP contribution in [-0.2, 0) is 0 Å². The second kappa shape index (κ2) is 9.58. The Morgan fingerprint density at radius 3 is 1.73 bits per heavy atom. The predicted octanol–water partition coefficient (Wildman–Crippen LogP) is 10.1. The summed E-state index contributed by atoms with van der Waals surface area (Å²) in [6, 6.07) is 46.1. The van der Waals surface area contributed by atoms with Gasteiger partial charge in [0, 0.05) is 29.1 Å². The highest BCUT2D eigenvalue weighted by Crippen LogP contribution is 2.47. The van der Waals surface area contributed by atoms with E-state index in [-0.39, 0.29) is 0 Å². The Kier molecular flexibility index (Phi) is 5.46. The number of hydrogen-bond acceptors (Lipinski definition) is 3. The first-order valence-electron chi connectivity index (χ1n) is 13.7. The lowest BCUT2D eigenvalue weighted by atomic mass is 9.93. The number of benzene rings is 5. The monoisotopic (exact) mass is 524 g/mol. The summed E-state index contributed by atoms with van der Waals surface area (Å²) in [7, 11) is 0. The van der Waals surface area contributed by atoms with Gasteiger partial charge in [0.25, 0.3) is 0 Å². The van der Waals surface area contributed by atoms with Crippen LogP contribution in [0.1, 0.15) is 0 Å². The molecule has 192 valence electrons. The van der Waals surface area contributed by atoms with Crippen LogP contribution in [0.5, 0.6) is 11.5 Å². The molecule has 0 N–H and O–H groups in total. The van der Waals surface area contributed by atoms with Crippen LogP contribution in [0.3, 0.4) is 0 Å². The highest BCUT2D eigenvalue weighted by molar-refractivity contribution is 6.13. The molecule has 8 rings (SSSR count). The highest BCUT2D eigenvalue weighted by atomic mass is 16.5. The molecule has 0 spiro atoms. The van der Waals surface area contributed by atoms with Gasteiger partial charge in [-0.3, -0.25) is 9.97 Å². The molecule has 2 heterocycles. The molecule has 0 radical (unpaired) electrons. The number of hydrogen-bond donors (Lipinski definition) is 0. The lowest BCUT2D eigenvalue weighted by Crippen LogP contribution is -1.91. The molecule has 0 atom stereocenters. The summed E-state index contributed by atoms with van der Waals surface area (Å²) in [5.74, 6) is 1.52. The fraction of sp³-hybridized carbons (Fsp3) is 0. The van der Waals surface area contributed by atoms with Gasteiger partial charge < -0.3 is 4.74 Å². The maximum Gasteiger partial charge on any atom is 0.128 e. The lowest BCUT2D eigenvalue weighted by Gasteiger charge is -2.13. The third-order valence-corrected chi connectivity index (χ3v) is 7.77. The Labute approximate surface area is 238 Å². The Hall–Kier alpha value is -5.54. The normalized spacial score (nSPS) is 11.4. The minimum absolute atomic E-state index is 0.759. The number of aromatic nitrogens is 2. The van der Waals surface area contributed by atoms with Gasteiger partial charge in [-0.1, -0.05) is 91.0 Å². The first-order chi connectivity index (χ1) is 20.3. The smallest absolute Gasteiger partial charge is 0.128 e. The average molecular weight is 525 g/mol. The molecule has 3 heteroatoms. The van der Waals surface area contributed by atoms with E-state index in [1.54, 1.807) is 6.20 Å². The van der Waals surface area contributed by atoms with Crippen LogP contribution in [0.2, 0.25) is 0 Å². The fourth-order valence-electron chi connectivity index (χ4n) is 5.90. The summed E-state index contributed by atoms with van der Waals surface area (Å²) in [6.07, 6.45) is 3.83. The summed E-state index contributed by atoms with van der Waals surface area (Å²) in [5.41, 5.74) is 11.1. The van der Waals surface area contributed by atoms with Gasteiger partial charge in [0.05, 0.1) is 11.4 Å². The van der Waals surface area contributed by atoms with Crippen LogP contribution in [0.15, 0.2) is 146 Å². The molecular weight excluding hydrogens is 500 g/mol. The van der Waals surface area contributed by atoms with Crippen molar-refractivity contribution in [3.8, 4) is 67.4 Å². The largest absolute Gasteiger partial charge is 0.457 e. The number of pyridine rings is 2. The van der Waals surface area contributed by atoms with Crippen molar-refractivity contribution in [2.45, 2.75) is 0 Å². The van der Waals surface area contributed by atoms with Gasteiger partial charge in [-0.2, -0.15) is 0 Å². The summed E-state index contributed by atoms with van der Waals surface area (Å²) >= 11 is 0. The van der Waals surface area contributed by atoms with Gasteiger partial charge in [-0.15, -0.1) is 0 Å². The Bertz CT molecular complexity index is 2080. The van der Waals surface area contributed by atoms with E-state index in [9.17, 15) is 0 Å². The Morgan fingerprint density at radius 1 is 0.415 bits per heavy atom. The molecule has 0 saturated carbocycles. The first kappa shape index (κ1) is 23.4. The van der Waals surface area contributed by atoms with Gasteiger partial charge >= 0.3 is 0 Å². The number of fused-ring (bicyclic) bond motifs is 5. The van der Waals surface area contributed by atoms with Crippen molar-refractivity contribution in [1.29, 1.82) is 0 Å². The van der Waals surface area contributed by atoms with E-state index in [0.29, 0.717) is 0 Å². The third kappa shape index (κ3) is 4.07. The van der Waals surface area contributed by atoms with Crippen molar-refractivity contribution in [2.24, 2.45) is 0 Å². The zero-order valence-electron chi connectivity index (χ0n) is 22.2. The van der Waals surface area contributed by atoms with Crippen LogP contribution in [0.4, 0.5) is 0 Å². The topological polar surface area (TPSA) is 35.0 Å². The van der Waals surface area contributed by atoms with Crippen molar-refractivity contribution in [2.75, 3.05) is 0 Å². The first-order valence-corrected chi connectivity index (χ1v) is 13.7. The van der Waals surface area contributed by atoms with E-state index in [2.05, 4.69) is 83.8 Å². The molecular formula is C38H24N2O. The number of rotatable bonds is 4. The standard InChI is InChI=1S/C38H24N2O/c1-2-16-31-30(15-1)32-17-7-9-25-10-8-18-33(38(25)32)34-23-37(40-24-35(31)34)27-12-6-14-29(22-27)41-28-13-5-11-26(21-28)36-19-3-4-20-39-36/h1-24H. The van der Waals surface area contributed by atoms with Crippen LogP contribution in [0, 0.1) is 0 Å². The molecule has 7 aromatic rings. The van der Waals surface area contributed by atoms with E-state index in [1.807, 2.05) is 60.8 Å². The van der Waals surface area contributed by atoms with Crippen molar-refractivity contribution >= 4 is 10.8 Å². The van der Waals surface area contributed by atoms with E-state index < -0.39 is 0 Å². The van der Waals surface area contributed by atoms with Gasteiger partial charge in [-0.05, 0) is 81.1 Å². The quantitative estimate of drug-likeness (QED) is 0.230. The van der Waals surface area contributed by atoms with Crippen molar-refractivity contribution in [3.05, 3.63) is 146 Å². The van der Waals surface area contributed by atoms with Crippen LogP contribution in [-0.4, -0.2) is 9.97 Å². The zero-order chi connectivity index (χ0) is 27.2. The zero-order valence-corrected chi connectivity index (χ0v) is 22.2. The second-order valence-corrected chi connectivity index (χ2v) is 10.2. The van der Waals surface area contributed by atoms with E-state index in [1.165, 1.54) is 38.6 Å². The van der Waals surface area contributed by atoms with Crippen LogP contribution in [0.25, 0.3) is 66.7 Å². The number of nitrogens with zero attached hydrogens (tertiary/aromatic N) is 2. The van der Waals surface area contributed by atoms with Crippen LogP contribution < -0.4 is 4.74 Å². The van der Waals surface area contributed by atoms with Gasteiger partial charge in [0.1, 0.15) is 11.5 Å². The maximum absolute atomic E-state index is 6.32. The molecule has 0 unspecified atom stereocenters. The van der Waals surface area contributed by atoms with E-state index in [4.69, 9.17) is 9.72 Å². The summed E-state index contributed by atoms with van der Waals surface area (Å²) < 4.78 is 6.32. The van der Waals surface area contributed by atoms with Crippen LogP contribution >= 0.6 is 0 Å². The molecule has 0 saturated heterocycles. The summed E-state index contributed by atoms with van der Waals surface area (Å²) in [5, 5.41) is 2.52. The maximum atomic E-state index is 6.32. The third-order valence-electron chi connectivity index (χ3n) is 7.77. The SMILES string of the molecule is c1ccc(-c2cccc(Oc3cccc(-c4cc5c(cn4)-c4ccccc4-c4cccc6cccc-5c46)c3)c2)nc1. The van der Waals surface area contributed by atoms with Gasteiger partial charge in [-0.25, -0.2) is 0 Å². The lowest BCUT2D eigenvalue weighted by molar-refractivity contribution is 0.483. The van der Waals surface area contributed by atoms with E-state index in [0.717, 1.165) is 39.6 Å². The van der Waals surface area contributed by atoms with Gasteiger partial charge in [0.2, 0.25) is 0 Å². The summed E-state index contributed by atoms with van der Waals surface area (Å²) in [4.78, 5) is 9.44. The fourth-order valence-corrected chi connectivity index (χ4v) is 5.90. The molecule has 0 aliphatic heterocycles. The van der Waals surface area contributed by atoms with E-state index >= 15 is 0 Å². The minimum atomic E-state index is 0.759. The Morgan fingerprint density at radius 2 is 1.02 bits per heavy atom. The van der Waals surface area contributed by atoms with Crippen molar-refractivity contribution < 1.29 is 4.74 Å². The molecule has 1 aliphatic rings. The molecule has 1 aliphatic carbocycles. The second-order valence-electron chi connectivity index (χ2n) is 10.2. The Balaban J connectivity index is 1.22. The molecule has 0 amide bonds. The van der Waals surface area contributed by atoms with Crippen molar-refractivity contribution in [3.63, 3.8) is 0 Å². The average Bonchev–Trinajstić information content (AvgIpc) is 3.16. The molecule has 0 bridgehead atoms. The molecule has 5 aromatic carbocycles. The molecule has 2 aromatic heterocycles. The molecule has 3 nitrogen and oxygen atoms in total. The number of ether oxygens (including phenoxy) is 1. The van der Waals surface area contributed by atoms with Gasteiger partial charge in [0.15, 0.2) is 0 Å². The molecule has 41 heavy (non-hydrogen) atoms.